The fourth-order valence-electron chi connectivity index (χ4n) is 4.35. The predicted octanol–water partition coefficient (Wildman–Crippen LogP) is 4.76. The lowest BCUT2D eigenvalue weighted by atomic mass is 9.71. The number of fused-ring (bicyclic) bond motifs is 3. The minimum Gasteiger partial charge on any atom is -0.299 e. The van der Waals surface area contributed by atoms with Crippen molar-refractivity contribution in [2.24, 2.45) is 0 Å². The molecule has 2 atom stereocenters. The van der Waals surface area contributed by atoms with Gasteiger partial charge < -0.3 is 0 Å². The largest absolute Gasteiger partial charge is 0.299 e. The van der Waals surface area contributed by atoms with E-state index in [4.69, 9.17) is 0 Å². The number of likely N-dealkylation sites (tertiary alicyclic amines) is 1. The summed E-state index contributed by atoms with van der Waals surface area (Å²) in [7, 11) is 0. The van der Waals surface area contributed by atoms with Gasteiger partial charge >= 0.3 is 0 Å². The van der Waals surface area contributed by atoms with Crippen molar-refractivity contribution >= 4 is 5.57 Å². The summed E-state index contributed by atoms with van der Waals surface area (Å²) in [5.74, 6) is 0.758. The van der Waals surface area contributed by atoms with Crippen LogP contribution < -0.4 is 0 Å². The van der Waals surface area contributed by atoms with E-state index in [2.05, 4.69) is 49.9 Å². The van der Waals surface area contributed by atoms with Crippen LogP contribution in [0.3, 0.4) is 0 Å². The maximum absolute atomic E-state index is 2.75. The van der Waals surface area contributed by atoms with Crippen LogP contribution in [0.25, 0.3) is 5.57 Å². The molecule has 1 nitrogen and oxygen atoms in total. The number of aryl methyl sites for hydroxylation is 1. The van der Waals surface area contributed by atoms with E-state index in [-0.39, 0.29) is 0 Å². The van der Waals surface area contributed by atoms with Crippen molar-refractivity contribution in [3.05, 3.63) is 41.0 Å². The van der Waals surface area contributed by atoms with Crippen molar-refractivity contribution in [3.8, 4) is 0 Å². The monoisotopic (exact) mass is 269 g/mol. The van der Waals surface area contributed by atoms with Crippen LogP contribution in [-0.2, 0) is 0 Å². The van der Waals surface area contributed by atoms with Crippen LogP contribution in [0.1, 0.15) is 62.1 Å². The molecule has 1 unspecified atom stereocenters. The highest BCUT2D eigenvalue weighted by Gasteiger charge is 2.37. The zero-order chi connectivity index (χ0) is 14.1. The number of rotatable bonds is 2. The molecule has 0 bridgehead atoms. The van der Waals surface area contributed by atoms with Gasteiger partial charge in [0.15, 0.2) is 0 Å². The lowest BCUT2D eigenvalue weighted by Crippen LogP contribution is -2.46. The third-order valence-corrected chi connectivity index (χ3v) is 5.21. The van der Waals surface area contributed by atoms with Gasteiger partial charge in [0.2, 0.25) is 0 Å². The van der Waals surface area contributed by atoms with Gasteiger partial charge in [0.25, 0.3) is 0 Å². The van der Waals surface area contributed by atoms with E-state index < -0.39 is 0 Å². The molecule has 0 saturated carbocycles. The second kappa shape index (κ2) is 5.73. The standard InChI is InChI=1S/C19H27N/c1-4-11-20-12-7-10-16-17-9-6-8-14(3)19(17)15(5-2)13-18(16)20/h5-6,8-9,16,18H,4,7,10-13H2,1-3H3/b15-5-/t16?,18-/m1/s1. The number of hydrogen-bond donors (Lipinski definition) is 0. The van der Waals surface area contributed by atoms with Gasteiger partial charge in [-0.1, -0.05) is 31.2 Å². The average Bonchev–Trinajstić information content (AvgIpc) is 2.47. The Morgan fingerprint density at radius 2 is 2.20 bits per heavy atom. The Morgan fingerprint density at radius 3 is 2.95 bits per heavy atom. The summed E-state index contributed by atoms with van der Waals surface area (Å²) < 4.78 is 0. The normalized spacial score (nSPS) is 28.2. The van der Waals surface area contributed by atoms with E-state index in [0.29, 0.717) is 0 Å². The third kappa shape index (κ3) is 2.22. The van der Waals surface area contributed by atoms with Gasteiger partial charge in [0.05, 0.1) is 0 Å². The SMILES string of the molecule is C/C=C1/C[C@@H]2C(CCCN2CCC)c2cccc(C)c21. The molecule has 3 rings (SSSR count). The highest BCUT2D eigenvalue weighted by Crippen LogP contribution is 2.46. The molecular formula is C19H27N. The van der Waals surface area contributed by atoms with Crippen molar-refractivity contribution in [3.63, 3.8) is 0 Å². The quantitative estimate of drug-likeness (QED) is 0.748. The van der Waals surface area contributed by atoms with Crippen LogP contribution in [0.2, 0.25) is 0 Å². The van der Waals surface area contributed by atoms with Crippen LogP contribution >= 0.6 is 0 Å². The van der Waals surface area contributed by atoms with Crippen molar-refractivity contribution in [2.45, 2.75) is 58.4 Å². The lowest BCUT2D eigenvalue weighted by Gasteiger charge is -2.46. The van der Waals surface area contributed by atoms with Gasteiger partial charge in [0.1, 0.15) is 0 Å². The minimum atomic E-state index is 0.740. The maximum atomic E-state index is 2.75. The van der Waals surface area contributed by atoms with Crippen molar-refractivity contribution < 1.29 is 0 Å². The summed E-state index contributed by atoms with van der Waals surface area (Å²) in [5.41, 5.74) is 6.22. The summed E-state index contributed by atoms with van der Waals surface area (Å²) in [6, 6.07) is 7.65. The molecule has 2 aliphatic rings. The summed E-state index contributed by atoms with van der Waals surface area (Å²) in [6.07, 6.45) is 7.60. The summed E-state index contributed by atoms with van der Waals surface area (Å²) in [4.78, 5) is 2.75. The molecule has 1 aromatic rings. The first kappa shape index (κ1) is 13.9. The molecule has 0 spiro atoms. The van der Waals surface area contributed by atoms with Gasteiger partial charge in [-0.3, -0.25) is 4.90 Å². The molecule has 1 aromatic carbocycles. The van der Waals surface area contributed by atoms with Gasteiger partial charge in [-0.2, -0.15) is 0 Å². The van der Waals surface area contributed by atoms with Crippen molar-refractivity contribution in [2.75, 3.05) is 13.1 Å². The van der Waals surface area contributed by atoms with Gasteiger partial charge in [-0.05, 0) is 74.9 Å². The molecule has 1 heteroatoms. The number of hydrogen-bond acceptors (Lipinski definition) is 1. The summed E-state index contributed by atoms with van der Waals surface area (Å²) in [5, 5.41) is 0. The molecule has 0 radical (unpaired) electrons. The third-order valence-electron chi connectivity index (χ3n) is 5.21. The highest BCUT2D eigenvalue weighted by atomic mass is 15.2. The first-order valence-corrected chi connectivity index (χ1v) is 8.25. The Balaban J connectivity index is 2.04. The minimum absolute atomic E-state index is 0.740. The Morgan fingerprint density at radius 1 is 1.35 bits per heavy atom. The molecular weight excluding hydrogens is 242 g/mol. The average molecular weight is 269 g/mol. The van der Waals surface area contributed by atoms with E-state index in [1.807, 2.05) is 0 Å². The van der Waals surface area contributed by atoms with Gasteiger partial charge in [-0.15, -0.1) is 0 Å². The Hall–Kier alpha value is -1.08. The smallest absolute Gasteiger partial charge is 0.0205 e. The molecule has 108 valence electrons. The second-order valence-electron chi connectivity index (χ2n) is 6.41. The van der Waals surface area contributed by atoms with Crippen LogP contribution in [-0.4, -0.2) is 24.0 Å². The predicted molar refractivity (Wildman–Crippen MR) is 87.1 cm³/mol. The van der Waals surface area contributed by atoms with Crippen LogP contribution in [0, 0.1) is 6.92 Å². The van der Waals surface area contributed by atoms with E-state index in [1.54, 1.807) is 16.7 Å². The molecule has 1 aliphatic heterocycles. The molecule has 20 heavy (non-hydrogen) atoms. The Kier molecular flexibility index (Phi) is 3.98. The molecule has 1 saturated heterocycles. The van der Waals surface area contributed by atoms with Gasteiger partial charge in [0, 0.05) is 12.0 Å². The molecule has 0 N–H and O–H groups in total. The fourth-order valence-corrected chi connectivity index (χ4v) is 4.35. The lowest BCUT2D eigenvalue weighted by molar-refractivity contribution is 0.126. The molecule has 0 amide bonds. The Bertz CT molecular complexity index is 512. The zero-order valence-electron chi connectivity index (χ0n) is 13.2. The first-order valence-electron chi connectivity index (χ1n) is 8.25. The van der Waals surface area contributed by atoms with Crippen molar-refractivity contribution in [1.82, 2.24) is 4.90 Å². The van der Waals surface area contributed by atoms with Crippen LogP contribution in [0.4, 0.5) is 0 Å². The number of nitrogens with zero attached hydrogens (tertiary/aromatic N) is 1. The number of allylic oxidation sites excluding steroid dienone is 1. The van der Waals surface area contributed by atoms with Crippen LogP contribution in [0.5, 0.6) is 0 Å². The van der Waals surface area contributed by atoms with E-state index >= 15 is 0 Å². The topological polar surface area (TPSA) is 3.24 Å². The molecule has 0 aromatic heterocycles. The fraction of sp³-hybridized carbons (Fsp3) is 0.579. The molecule has 1 heterocycles. The summed E-state index contributed by atoms with van der Waals surface area (Å²) >= 11 is 0. The van der Waals surface area contributed by atoms with E-state index in [1.165, 1.54) is 44.3 Å². The van der Waals surface area contributed by atoms with E-state index in [0.717, 1.165) is 12.0 Å². The van der Waals surface area contributed by atoms with Gasteiger partial charge in [-0.25, -0.2) is 0 Å². The Labute approximate surface area is 123 Å². The van der Waals surface area contributed by atoms with Crippen LogP contribution in [0.15, 0.2) is 24.3 Å². The maximum Gasteiger partial charge on any atom is 0.0205 e. The highest BCUT2D eigenvalue weighted by molar-refractivity contribution is 5.74. The second-order valence-corrected chi connectivity index (χ2v) is 6.41. The number of benzene rings is 1. The summed E-state index contributed by atoms with van der Waals surface area (Å²) in [6.45, 7) is 9.35. The first-order chi connectivity index (χ1) is 9.76. The van der Waals surface area contributed by atoms with E-state index in [9.17, 15) is 0 Å². The number of piperidine rings is 1. The van der Waals surface area contributed by atoms with Crippen molar-refractivity contribution in [1.29, 1.82) is 0 Å². The zero-order valence-corrected chi connectivity index (χ0v) is 13.2. The molecule has 1 fully saturated rings. The molecule has 1 aliphatic carbocycles.